The summed E-state index contributed by atoms with van der Waals surface area (Å²) >= 11 is 6.44. The predicted octanol–water partition coefficient (Wildman–Crippen LogP) is 6.79. The summed E-state index contributed by atoms with van der Waals surface area (Å²) in [7, 11) is 0. The molecule has 1 N–H and O–H groups in total. The second kappa shape index (κ2) is 9.92. The van der Waals surface area contributed by atoms with Crippen LogP contribution in [0.5, 0.6) is 0 Å². The van der Waals surface area contributed by atoms with Crippen LogP contribution in [-0.2, 0) is 0 Å². The van der Waals surface area contributed by atoms with E-state index in [1.807, 2.05) is 88.4 Å². The van der Waals surface area contributed by atoms with Crippen molar-refractivity contribution in [3.63, 3.8) is 0 Å². The normalized spacial score (nSPS) is 11.3. The highest BCUT2D eigenvalue weighted by Crippen LogP contribution is 2.33. The van der Waals surface area contributed by atoms with Crippen LogP contribution >= 0.6 is 11.6 Å². The standard InChI is InChI=1S/C28H27ClFN3O2/c1-17(2)32(18(3)4)28(35)21-15-22-25(26(29)27(21)30)23(34)16-24(31-19-11-7-5-8-12-19)33(22)20-13-9-6-10-14-20/h5-18,31H,1-4H3. The number of aromatic nitrogens is 1. The SMILES string of the molecule is CC(C)N(C(=O)c1cc2c(c(Cl)c1F)c(=O)cc(Nc1ccccc1)n2-c1ccccc1)C(C)C. The van der Waals surface area contributed by atoms with Gasteiger partial charge in [-0.25, -0.2) is 4.39 Å². The van der Waals surface area contributed by atoms with Crippen molar-refractivity contribution in [2.75, 3.05) is 5.32 Å². The van der Waals surface area contributed by atoms with Gasteiger partial charge in [0, 0.05) is 29.5 Å². The minimum Gasteiger partial charge on any atom is -0.341 e. The van der Waals surface area contributed by atoms with Crippen molar-refractivity contribution in [3.05, 3.63) is 99.4 Å². The van der Waals surface area contributed by atoms with E-state index in [-0.39, 0.29) is 28.1 Å². The Morgan fingerprint density at radius 1 is 0.943 bits per heavy atom. The molecule has 0 aliphatic carbocycles. The van der Waals surface area contributed by atoms with Crippen LogP contribution in [0.25, 0.3) is 16.6 Å². The van der Waals surface area contributed by atoms with Crippen molar-refractivity contribution in [2.24, 2.45) is 0 Å². The number of para-hydroxylation sites is 2. The number of fused-ring (bicyclic) bond motifs is 1. The van der Waals surface area contributed by atoms with Crippen molar-refractivity contribution in [1.82, 2.24) is 9.47 Å². The molecule has 3 aromatic carbocycles. The third-order valence-electron chi connectivity index (χ3n) is 5.82. The monoisotopic (exact) mass is 491 g/mol. The number of halogens is 2. The molecular weight excluding hydrogens is 465 g/mol. The van der Waals surface area contributed by atoms with E-state index in [9.17, 15) is 9.59 Å². The van der Waals surface area contributed by atoms with E-state index in [1.54, 1.807) is 9.47 Å². The summed E-state index contributed by atoms with van der Waals surface area (Å²) in [4.78, 5) is 28.3. The second-order valence-electron chi connectivity index (χ2n) is 8.90. The lowest BCUT2D eigenvalue weighted by molar-refractivity contribution is 0.0639. The van der Waals surface area contributed by atoms with Crippen LogP contribution in [0.15, 0.2) is 77.6 Å². The zero-order valence-corrected chi connectivity index (χ0v) is 20.8. The molecule has 0 bridgehead atoms. The Morgan fingerprint density at radius 2 is 1.51 bits per heavy atom. The van der Waals surface area contributed by atoms with E-state index in [2.05, 4.69) is 5.32 Å². The molecule has 0 spiro atoms. The quantitative estimate of drug-likeness (QED) is 0.323. The van der Waals surface area contributed by atoms with Gasteiger partial charge in [-0.2, -0.15) is 0 Å². The molecule has 0 atom stereocenters. The van der Waals surface area contributed by atoms with Gasteiger partial charge in [0.15, 0.2) is 11.2 Å². The van der Waals surface area contributed by atoms with E-state index in [4.69, 9.17) is 11.6 Å². The Balaban J connectivity index is 2.06. The van der Waals surface area contributed by atoms with Gasteiger partial charge in [-0.1, -0.05) is 48.0 Å². The van der Waals surface area contributed by atoms with Crippen molar-refractivity contribution >= 4 is 39.9 Å². The number of pyridine rings is 1. The number of amides is 1. The number of nitrogens with zero attached hydrogens (tertiary/aromatic N) is 2. The van der Waals surface area contributed by atoms with Crippen LogP contribution in [0.2, 0.25) is 5.02 Å². The van der Waals surface area contributed by atoms with Crippen molar-refractivity contribution in [2.45, 2.75) is 39.8 Å². The molecule has 1 heterocycles. The molecule has 35 heavy (non-hydrogen) atoms. The molecule has 4 aromatic rings. The summed E-state index contributed by atoms with van der Waals surface area (Å²) < 4.78 is 17.3. The molecule has 180 valence electrons. The minimum absolute atomic E-state index is 0.0174. The first-order valence-electron chi connectivity index (χ1n) is 11.5. The lowest BCUT2D eigenvalue weighted by atomic mass is 10.1. The second-order valence-corrected chi connectivity index (χ2v) is 9.28. The fourth-order valence-corrected chi connectivity index (χ4v) is 4.68. The first kappa shape index (κ1) is 24.5. The third-order valence-corrected chi connectivity index (χ3v) is 6.17. The maximum Gasteiger partial charge on any atom is 0.257 e. The summed E-state index contributed by atoms with van der Waals surface area (Å²) in [6.45, 7) is 7.50. The van der Waals surface area contributed by atoms with Gasteiger partial charge in [-0.15, -0.1) is 0 Å². The maximum atomic E-state index is 15.5. The molecule has 1 amide bonds. The van der Waals surface area contributed by atoms with Crippen LogP contribution in [0.3, 0.4) is 0 Å². The average molecular weight is 492 g/mol. The highest BCUT2D eigenvalue weighted by molar-refractivity contribution is 6.36. The molecule has 0 fully saturated rings. The minimum atomic E-state index is -0.893. The largest absolute Gasteiger partial charge is 0.341 e. The number of carbonyl (C=O) groups is 1. The summed E-state index contributed by atoms with van der Waals surface area (Å²) in [6.07, 6.45) is 0. The van der Waals surface area contributed by atoms with Gasteiger partial charge in [0.2, 0.25) is 0 Å². The number of hydrogen-bond donors (Lipinski definition) is 1. The highest BCUT2D eigenvalue weighted by atomic mass is 35.5. The summed E-state index contributed by atoms with van der Waals surface area (Å²) in [5, 5.41) is 2.93. The maximum absolute atomic E-state index is 15.5. The van der Waals surface area contributed by atoms with E-state index in [1.165, 1.54) is 12.1 Å². The Kier molecular flexibility index (Phi) is 6.94. The number of anilines is 2. The molecule has 0 saturated heterocycles. The van der Waals surface area contributed by atoms with Gasteiger partial charge in [-0.3, -0.25) is 14.2 Å². The van der Waals surface area contributed by atoms with Gasteiger partial charge in [-0.05, 0) is 58.0 Å². The fourth-order valence-electron chi connectivity index (χ4n) is 4.39. The van der Waals surface area contributed by atoms with Crippen LogP contribution in [-0.4, -0.2) is 27.5 Å². The van der Waals surface area contributed by atoms with E-state index in [0.717, 1.165) is 11.4 Å². The number of benzene rings is 3. The Hall–Kier alpha value is -3.64. The highest BCUT2D eigenvalue weighted by Gasteiger charge is 2.28. The summed E-state index contributed by atoms with van der Waals surface area (Å²) in [5.74, 6) is -0.911. The molecule has 1 aromatic heterocycles. The van der Waals surface area contributed by atoms with E-state index in [0.29, 0.717) is 11.3 Å². The topological polar surface area (TPSA) is 54.3 Å². The van der Waals surface area contributed by atoms with Gasteiger partial charge in [0.1, 0.15) is 5.82 Å². The first-order chi connectivity index (χ1) is 16.7. The summed E-state index contributed by atoms with van der Waals surface area (Å²) in [5.41, 5.74) is 1.21. The van der Waals surface area contributed by atoms with E-state index < -0.39 is 17.2 Å². The van der Waals surface area contributed by atoms with E-state index >= 15 is 4.39 Å². The zero-order valence-electron chi connectivity index (χ0n) is 20.0. The molecule has 5 nitrogen and oxygen atoms in total. The molecule has 0 aliphatic rings. The predicted molar refractivity (Wildman–Crippen MR) is 141 cm³/mol. The average Bonchev–Trinajstić information content (AvgIpc) is 2.82. The Labute approximate surface area is 208 Å². The van der Waals surface area contributed by atoms with Gasteiger partial charge < -0.3 is 10.2 Å². The van der Waals surface area contributed by atoms with Crippen molar-refractivity contribution in [1.29, 1.82) is 0 Å². The summed E-state index contributed by atoms with van der Waals surface area (Å²) in [6, 6.07) is 21.3. The number of carbonyl (C=O) groups excluding carboxylic acids is 1. The van der Waals surface area contributed by atoms with Crippen LogP contribution in [0.4, 0.5) is 15.9 Å². The molecule has 4 rings (SSSR count). The molecule has 0 unspecified atom stereocenters. The fraction of sp³-hybridized carbons (Fsp3) is 0.214. The van der Waals surface area contributed by atoms with Gasteiger partial charge in [0.05, 0.1) is 21.5 Å². The molecular formula is C28H27ClFN3O2. The lowest BCUT2D eigenvalue weighted by Crippen LogP contribution is -2.42. The third kappa shape index (κ3) is 4.66. The van der Waals surface area contributed by atoms with Crippen LogP contribution in [0, 0.1) is 5.82 Å². The van der Waals surface area contributed by atoms with Crippen molar-refractivity contribution < 1.29 is 9.18 Å². The number of nitrogens with one attached hydrogen (secondary N) is 1. The van der Waals surface area contributed by atoms with Crippen molar-refractivity contribution in [3.8, 4) is 5.69 Å². The number of rotatable bonds is 6. The molecule has 0 saturated carbocycles. The molecule has 0 aliphatic heterocycles. The molecule has 7 heteroatoms. The Bertz CT molecular complexity index is 1430. The molecule has 0 radical (unpaired) electrons. The van der Waals surface area contributed by atoms with Crippen LogP contribution in [0.1, 0.15) is 38.1 Å². The lowest BCUT2D eigenvalue weighted by Gasteiger charge is -2.31. The van der Waals surface area contributed by atoms with Crippen LogP contribution < -0.4 is 10.7 Å². The Morgan fingerprint density at radius 3 is 2.09 bits per heavy atom. The zero-order chi connectivity index (χ0) is 25.3. The smallest absolute Gasteiger partial charge is 0.257 e. The number of hydrogen-bond acceptors (Lipinski definition) is 3. The first-order valence-corrected chi connectivity index (χ1v) is 11.9. The van der Waals surface area contributed by atoms with Gasteiger partial charge >= 0.3 is 0 Å². The van der Waals surface area contributed by atoms with Gasteiger partial charge in [0.25, 0.3) is 5.91 Å².